The second kappa shape index (κ2) is 6.78. The third-order valence-corrected chi connectivity index (χ3v) is 10.7. The number of ketones is 1. The fourth-order valence-electron chi connectivity index (χ4n) is 9.19. The minimum absolute atomic E-state index is 0.0923. The molecule has 0 aromatic carbocycles. The van der Waals surface area contributed by atoms with E-state index >= 15 is 0 Å². The van der Waals surface area contributed by atoms with Gasteiger partial charge >= 0.3 is 0 Å². The van der Waals surface area contributed by atoms with Crippen molar-refractivity contribution in [3.63, 3.8) is 0 Å². The fourth-order valence-corrected chi connectivity index (χ4v) is 9.19. The number of Topliss-reactive ketones (excluding diaryl/α,β-unsaturated/α-hetero) is 1. The number of carbonyl (C=O) groups excluding carboxylic acids is 1. The summed E-state index contributed by atoms with van der Waals surface area (Å²) in [4.78, 5) is 12.7. The molecule has 3 nitrogen and oxygen atoms in total. The molecule has 1 saturated heterocycles. The highest BCUT2D eigenvalue weighted by molar-refractivity contribution is 5.80. The Labute approximate surface area is 182 Å². The molecular formula is C27H40O3. The molecule has 0 bridgehead atoms. The minimum atomic E-state index is -0.326. The first-order chi connectivity index (χ1) is 14.2. The van der Waals surface area contributed by atoms with Crippen LogP contribution in [0.2, 0.25) is 0 Å². The van der Waals surface area contributed by atoms with Gasteiger partial charge in [-0.25, -0.2) is 0 Å². The molecule has 30 heavy (non-hydrogen) atoms. The summed E-state index contributed by atoms with van der Waals surface area (Å²) in [6.45, 7) is 14.8. The van der Waals surface area contributed by atoms with Gasteiger partial charge in [0.2, 0.25) is 0 Å². The minimum Gasteiger partial charge on any atom is -0.348 e. The van der Waals surface area contributed by atoms with E-state index in [-0.39, 0.29) is 27.9 Å². The van der Waals surface area contributed by atoms with Crippen LogP contribution in [-0.2, 0) is 14.3 Å². The normalized spacial score (nSPS) is 49.1. The zero-order chi connectivity index (χ0) is 21.4. The van der Waals surface area contributed by atoms with Gasteiger partial charge in [0.25, 0.3) is 0 Å². The van der Waals surface area contributed by atoms with Crippen molar-refractivity contribution < 1.29 is 14.3 Å². The van der Waals surface area contributed by atoms with Gasteiger partial charge in [-0.15, -0.1) is 6.58 Å². The lowest BCUT2D eigenvalue weighted by Gasteiger charge is -2.64. The summed E-state index contributed by atoms with van der Waals surface area (Å²) in [5.74, 6) is 1.74. The van der Waals surface area contributed by atoms with Crippen LogP contribution >= 0.6 is 0 Å². The van der Waals surface area contributed by atoms with E-state index in [1.165, 1.54) is 19.3 Å². The van der Waals surface area contributed by atoms with Crippen LogP contribution < -0.4 is 0 Å². The largest absolute Gasteiger partial charge is 0.348 e. The molecule has 7 atom stereocenters. The maximum absolute atomic E-state index is 12.7. The maximum Gasteiger partial charge on any atom is 0.169 e. The lowest BCUT2D eigenvalue weighted by atomic mass is 9.42. The Morgan fingerprint density at radius 1 is 1.23 bits per heavy atom. The predicted octanol–water partition coefficient (Wildman–Crippen LogP) is 6.09. The first-order valence-corrected chi connectivity index (χ1v) is 12.4. The van der Waals surface area contributed by atoms with Crippen LogP contribution in [0.5, 0.6) is 0 Å². The van der Waals surface area contributed by atoms with Crippen LogP contribution in [0.25, 0.3) is 0 Å². The summed E-state index contributed by atoms with van der Waals surface area (Å²) >= 11 is 0. The second-order valence-electron chi connectivity index (χ2n) is 11.6. The van der Waals surface area contributed by atoms with Crippen molar-refractivity contribution in [2.75, 3.05) is 13.2 Å². The fraction of sp³-hybridized carbons (Fsp3) is 0.815. The molecular weight excluding hydrogens is 372 g/mol. The highest BCUT2D eigenvalue weighted by Gasteiger charge is 2.65. The number of hydrogen-bond donors (Lipinski definition) is 0. The summed E-state index contributed by atoms with van der Waals surface area (Å²) < 4.78 is 12.4. The van der Waals surface area contributed by atoms with E-state index in [4.69, 9.17) is 9.47 Å². The summed E-state index contributed by atoms with van der Waals surface area (Å²) in [6.07, 6.45) is 13.8. The summed E-state index contributed by atoms with van der Waals surface area (Å²) in [6, 6.07) is 0. The average molecular weight is 413 g/mol. The van der Waals surface area contributed by atoms with Gasteiger partial charge in [-0.1, -0.05) is 38.5 Å². The van der Waals surface area contributed by atoms with Gasteiger partial charge in [-0.3, -0.25) is 4.79 Å². The Hall–Kier alpha value is -0.930. The quantitative estimate of drug-likeness (QED) is 0.526. The highest BCUT2D eigenvalue weighted by atomic mass is 16.7. The van der Waals surface area contributed by atoms with Crippen LogP contribution in [0.15, 0.2) is 24.3 Å². The first-order valence-electron chi connectivity index (χ1n) is 12.4. The number of allylic oxidation sites excluding steroid dienone is 3. The Balaban J connectivity index is 1.53. The molecule has 0 N–H and O–H groups in total. The smallest absolute Gasteiger partial charge is 0.169 e. The monoisotopic (exact) mass is 412 g/mol. The van der Waals surface area contributed by atoms with E-state index in [0.717, 1.165) is 45.3 Å². The standard InChI is InChI=1S/C27H40O3/c1-6-19-16-22-20-8-11-26(7-2)17-27(29-14-15-30-27)13-12-25(26,5)21(20)9-10-24(22,4)23(19)18(3)28/h6,9,19-20,22-23H,1,7-8,10-17H2,2-5H3/t19-,20?,22?,23?,24+,25?,26?/m1/s1. The number of ether oxygens (including phenoxy) is 2. The van der Waals surface area contributed by atoms with Crippen LogP contribution in [-0.4, -0.2) is 24.8 Å². The molecule has 3 heteroatoms. The van der Waals surface area contributed by atoms with Crippen LogP contribution in [0.1, 0.15) is 79.1 Å². The van der Waals surface area contributed by atoms with Crippen molar-refractivity contribution in [1.29, 1.82) is 0 Å². The Bertz CT molecular complexity index is 777. The van der Waals surface area contributed by atoms with Crippen LogP contribution in [0, 0.1) is 39.9 Å². The van der Waals surface area contributed by atoms with Crippen molar-refractivity contribution in [3.8, 4) is 0 Å². The molecule has 0 aromatic rings. The van der Waals surface area contributed by atoms with Crippen molar-refractivity contribution in [3.05, 3.63) is 24.3 Å². The van der Waals surface area contributed by atoms with Gasteiger partial charge in [-0.2, -0.15) is 0 Å². The molecule has 0 radical (unpaired) electrons. The first kappa shape index (κ1) is 20.9. The van der Waals surface area contributed by atoms with E-state index in [1.807, 2.05) is 0 Å². The molecule has 5 aliphatic rings. The van der Waals surface area contributed by atoms with E-state index in [1.54, 1.807) is 12.5 Å². The number of carbonyl (C=O) groups is 1. The number of hydrogen-bond acceptors (Lipinski definition) is 3. The summed E-state index contributed by atoms with van der Waals surface area (Å²) in [5, 5.41) is 0. The molecule has 166 valence electrons. The van der Waals surface area contributed by atoms with E-state index in [0.29, 0.717) is 23.5 Å². The second-order valence-corrected chi connectivity index (χ2v) is 11.6. The Morgan fingerprint density at radius 2 is 1.97 bits per heavy atom. The highest BCUT2D eigenvalue weighted by Crippen LogP contribution is 2.71. The molecule has 5 unspecified atom stereocenters. The van der Waals surface area contributed by atoms with Crippen molar-refractivity contribution in [1.82, 2.24) is 0 Å². The van der Waals surface area contributed by atoms with Crippen LogP contribution in [0.3, 0.4) is 0 Å². The van der Waals surface area contributed by atoms with Gasteiger partial charge in [-0.05, 0) is 79.4 Å². The SMILES string of the molecule is C=C[C@@H]1CC2C3CCC4(CC)CC5(CCC4(C)C3=CC[C@]2(C)C1C(C)=O)OCCO5. The molecule has 4 fully saturated rings. The lowest BCUT2D eigenvalue weighted by molar-refractivity contribution is -0.233. The van der Waals surface area contributed by atoms with Gasteiger partial charge in [0, 0.05) is 18.8 Å². The van der Waals surface area contributed by atoms with Crippen molar-refractivity contribution in [2.45, 2.75) is 84.8 Å². The average Bonchev–Trinajstić information content (AvgIpc) is 3.30. The topological polar surface area (TPSA) is 35.5 Å². The van der Waals surface area contributed by atoms with Crippen LogP contribution in [0.4, 0.5) is 0 Å². The molecule has 0 aromatic heterocycles. The van der Waals surface area contributed by atoms with Crippen molar-refractivity contribution in [2.24, 2.45) is 39.9 Å². The Morgan fingerprint density at radius 3 is 2.60 bits per heavy atom. The lowest BCUT2D eigenvalue weighted by Crippen LogP contribution is -2.57. The molecule has 0 amide bonds. The zero-order valence-corrected chi connectivity index (χ0v) is 19.5. The zero-order valence-electron chi connectivity index (χ0n) is 19.5. The summed E-state index contributed by atoms with van der Waals surface area (Å²) in [5.41, 5.74) is 2.31. The van der Waals surface area contributed by atoms with E-state index in [9.17, 15) is 4.79 Å². The summed E-state index contributed by atoms with van der Waals surface area (Å²) in [7, 11) is 0. The Kier molecular flexibility index (Phi) is 4.74. The third-order valence-electron chi connectivity index (χ3n) is 10.7. The molecule has 1 heterocycles. The maximum atomic E-state index is 12.7. The van der Waals surface area contributed by atoms with Gasteiger partial charge in [0.05, 0.1) is 13.2 Å². The van der Waals surface area contributed by atoms with Crippen molar-refractivity contribution >= 4 is 5.78 Å². The molecule has 3 saturated carbocycles. The predicted molar refractivity (Wildman–Crippen MR) is 119 cm³/mol. The number of fused-ring (bicyclic) bond motifs is 5. The third kappa shape index (κ3) is 2.54. The van der Waals surface area contributed by atoms with E-state index < -0.39 is 0 Å². The van der Waals surface area contributed by atoms with E-state index in [2.05, 4.69) is 39.5 Å². The number of rotatable bonds is 3. The molecule has 1 spiro atoms. The molecule has 5 rings (SSSR count). The van der Waals surface area contributed by atoms with Gasteiger partial charge in [0.1, 0.15) is 5.78 Å². The molecule has 4 aliphatic carbocycles. The van der Waals surface area contributed by atoms with Gasteiger partial charge < -0.3 is 9.47 Å². The van der Waals surface area contributed by atoms with Gasteiger partial charge in [0.15, 0.2) is 5.79 Å². The molecule has 1 aliphatic heterocycles.